The Kier molecular flexibility index (Phi) is 7.10. The summed E-state index contributed by atoms with van der Waals surface area (Å²) in [5.41, 5.74) is 8.51. The topological polar surface area (TPSA) is 0 Å². The van der Waals surface area contributed by atoms with Crippen LogP contribution in [0, 0.1) is 10.8 Å². The molecule has 0 radical (unpaired) electrons. The first-order chi connectivity index (χ1) is 14.3. The zero-order chi connectivity index (χ0) is 22.9. The molecule has 4 heteroatoms. The Bertz CT molecular complexity index is 1030. The number of fused-ring (bicyclic) bond motifs is 2. The third kappa shape index (κ3) is 4.02. The van der Waals surface area contributed by atoms with Crippen LogP contribution in [-0.2, 0) is 26.2 Å². The van der Waals surface area contributed by atoms with Crippen LogP contribution in [-0.4, -0.2) is 8.07 Å². The molecule has 0 nitrogen and oxygen atoms in total. The summed E-state index contributed by atoms with van der Waals surface area (Å²) < 4.78 is 0. The van der Waals surface area contributed by atoms with Crippen molar-refractivity contribution >= 4 is 42.4 Å². The van der Waals surface area contributed by atoms with Crippen molar-refractivity contribution in [1.82, 2.24) is 0 Å². The molecule has 168 valence electrons. The number of hydrogen-bond donors (Lipinski definition) is 0. The van der Waals surface area contributed by atoms with Gasteiger partial charge in [0.15, 0.2) is 0 Å². The molecule has 2 aliphatic rings. The molecule has 0 aliphatic heterocycles. The van der Waals surface area contributed by atoms with E-state index in [4.69, 9.17) is 23.2 Å². The summed E-state index contributed by atoms with van der Waals surface area (Å²) in [6.45, 7) is 18.6. The van der Waals surface area contributed by atoms with E-state index >= 15 is 0 Å². The molecule has 0 heterocycles. The maximum absolute atomic E-state index is 7.31. The predicted octanol–water partition coefficient (Wildman–Crippen LogP) is 9.36. The molecule has 2 atom stereocenters. The van der Waals surface area contributed by atoms with Crippen LogP contribution >= 0.6 is 23.2 Å². The van der Waals surface area contributed by atoms with Crippen LogP contribution in [0.5, 0.6) is 0 Å². The van der Waals surface area contributed by atoms with Crippen LogP contribution < -0.4 is 0 Å². The predicted molar refractivity (Wildman–Crippen MR) is 140 cm³/mol. The minimum absolute atomic E-state index is 0. The molecular weight excluding hydrogens is 527 g/mol. The van der Waals surface area contributed by atoms with E-state index in [0.717, 1.165) is 10.1 Å². The zero-order valence-electron chi connectivity index (χ0n) is 20.5. The Balaban J connectivity index is 0.00000289. The average Bonchev–Trinajstić information content (AvgIpc) is 3.11. The normalized spacial score (nSPS) is 20.9. The van der Waals surface area contributed by atoms with Crippen LogP contribution in [0.25, 0.3) is 11.1 Å². The second kappa shape index (κ2) is 8.67. The fraction of sp³-hybridized carbons (Fsp3) is 0.429. The van der Waals surface area contributed by atoms with Gasteiger partial charge in [-0.05, 0) is 44.2 Å². The maximum Gasteiger partial charge on any atom is 0.0753 e. The van der Waals surface area contributed by atoms with Crippen LogP contribution in [0.4, 0.5) is 0 Å². The minimum atomic E-state index is -2.09. The van der Waals surface area contributed by atoms with Gasteiger partial charge in [-0.25, -0.2) is 0 Å². The number of hydrogen-bond acceptors (Lipinski definition) is 0. The van der Waals surface area contributed by atoms with Crippen LogP contribution in [0.2, 0.25) is 13.1 Å². The number of benzene rings is 2. The summed E-state index contributed by atoms with van der Waals surface area (Å²) in [7, 11) is -2.09. The van der Waals surface area contributed by atoms with Crippen molar-refractivity contribution in [2.45, 2.75) is 65.7 Å². The Hall–Kier alpha value is -0.400. The third-order valence-electron chi connectivity index (χ3n) is 7.05. The molecule has 0 bridgehead atoms. The molecule has 0 fully saturated rings. The van der Waals surface area contributed by atoms with Crippen molar-refractivity contribution in [1.29, 1.82) is 0 Å². The van der Waals surface area contributed by atoms with Crippen LogP contribution in [0.1, 0.15) is 74.9 Å². The van der Waals surface area contributed by atoms with Crippen molar-refractivity contribution in [3.8, 4) is 0 Å². The number of allylic oxidation sites excluding steroid dienone is 4. The van der Waals surface area contributed by atoms with Gasteiger partial charge in [0.2, 0.25) is 0 Å². The van der Waals surface area contributed by atoms with Gasteiger partial charge in [-0.3, -0.25) is 0 Å². The minimum Gasteiger partial charge on any atom is -0.0885 e. The second-order valence-electron chi connectivity index (χ2n) is 11.8. The molecule has 2 aliphatic carbocycles. The van der Waals surface area contributed by atoms with Gasteiger partial charge in [-0.2, -0.15) is 0 Å². The molecule has 0 saturated heterocycles. The fourth-order valence-corrected chi connectivity index (χ4v) is 12.6. The standard InChI is InChI=1S/C28H34Cl2Si.Zr/c1-27(2,3)21-17-13-9-11-15-19(17)25(23(21)29)31(7,8)26-20-16-12-10-14-18(20)22(24(26)30)28(4,5)6;/h9-16,25-26H,1-8H3;. The number of rotatable bonds is 2. The van der Waals surface area contributed by atoms with Crippen molar-refractivity contribution in [2.75, 3.05) is 0 Å². The molecular formula is C28H34Cl2SiZr. The molecule has 0 spiro atoms. The van der Waals surface area contributed by atoms with E-state index in [1.54, 1.807) is 0 Å². The molecule has 32 heavy (non-hydrogen) atoms. The van der Waals surface area contributed by atoms with Gasteiger partial charge in [-0.15, -0.1) is 0 Å². The SMILES string of the molecule is CC(C)(C)C1=C(Cl)C([Si](C)(C)C2C(Cl)=C(C(C)(C)C)c3ccccc32)c2ccccc21.[Zr]. The van der Waals surface area contributed by atoms with Crippen molar-refractivity contribution in [3.63, 3.8) is 0 Å². The molecule has 0 saturated carbocycles. The third-order valence-corrected chi connectivity index (χ3v) is 12.4. The smallest absolute Gasteiger partial charge is 0.0753 e. The van der Waals surface area contributed by atoms with E-state index in [0.29, 0.717) is 0 Å². The van der Waals surface area contributed by atoms with Gasteiger partial charge in [0.25, 0.3) is 0 Å². The van der Waals surface area contributed by atoms with E-state index < -0.39 is 8.07 Å². The summed E-state index contributed by atoms with van der Waals surface area (Å²) in [6.07, 6.45) is 0. The summed E-state index contributed by atoms with van der Waals surface area (Å²) in [5, 5.41) is 2.08. The van der Waals surface area contributed by atoms with Gasteiger partial charge in [0.05, 0.1) is 8.07 Å². The van der Waals surface area contributed by atoms with E-state index in [1.807, 2.05) is 0 Å². The van der Waals surface area contributed by atoms with Gasteiger partial charge in [-0.1, -0.05) is 126 Å². The zero-order valence-corrected chi connectivity index (χ0v) is 25.5. The van der Waals surface area contributed by atoms with Crippen molar-refractivity contribution in [2.24, 2.45) is 10.8 Å². The Morgan fingerprint density at radius 2 is 0.938 bits per heavy atom. The van der Waals surface area contributed by atoms with Crippen LogP contribution in [0.3, 0.4) is 0 Å². The van der Waals surface area contributed by atoms with E-state index in [-0.39, 0.29) is 48.1 Å². The first kappa shape index (κ1) is 26.2. The van der Waals surface area contributed by atoms with Gasteiger partial charge < -0.3 is 0 Å². The Labute approximate surface area is 224 Å². The van der Waals surface area contributed by atoms with Gasteiger partial charge in [0.1, 0.15) is 0 Å². The monoisotopic (exact) mass is 558 g/mol. The molecule has 0 amide bonds. The molecule has 4 rings (SSSR count). The van der Waals surface area contributed by atoms with Crippen LogP contribution in [0.15, 0.2) is 58.6 Å². The summed E-state index contributed by atoms with van der Waals surface area (Å²) in [4.78, 5) is 0. The molecule has 2 unspecified atom stereocenters. The molecule has 2 aromatic carbocycles. The Morgan fingerprint density at radius 3 is 1.25 bits per heavy atom. The molecule has 2 aromatic rings. The largest absolute Gasteiger partial charge is 0.0885 e. The number of halogens is 2. The molecule has 0 N–H and O–H groups in total. The van der Waals surface area contributed by atoms with Crippen molar-refractivity contribution in [3.05, 3.63) is 80.8 Å². The summed E-state index contributed by atoms with van der Waals surface area (Å²) >= 11 is 14.6. The van der Waals surface area contributed by atoms with E-state index in [2.05, 4.69) is 103 Å². The van der Waals surface area contributed by atoms with Gasteiger partial charge in [0, 0.05) is 47.4 Å². The average molecular weight is 561 g/mol. The second-order valence-corrected chi connectivity index (χ2v) is 17.4. The first-order valence-corrected chi connectivity index (χ1v) is 15.2. The van der Waals surface area contributed by atoms with E-state index in [9.17, 15) is 0 Å². The summed E-state index contributed by atoms with van der Waals surface area (Å²) in [6, 6.07) is 17.7. The van der Waals surface area contributed by atoms with E-state index in [1.165, 1.54) is 33.4 Å². The molecule has 0 aromatic heterocycles. The fourth-order valence-electron chi connectivity index (χ4n) is 5.92. The van der Waals surface area contributed by atoms with Gasteiger partial charge >= 0.3 is 0 Å². The first-order valence-electron chi connectivity index (χ1n) is 11.3. The quantitative estimate of drug-likeness (QED) is 0.321. The summed E-state index contributed by atoms with van der Waals surface area (Å²) in [5.74, 6) is 0. The Morgan fingerprint density at radius 1 is 0.625 bits per heavy atom. The maximum atomic E-state index is 7.31. The van der Waals surface area contributed by atoms with Crippen molar-refractivity contribution < 1.29 is 26.2 Å².